The molecule has 1 fully saturated rings. The molecule has 2 heterocycles. The van der Waals surface area contributed by atoms with E-state index in [4.69, 9.17) is 4.74 Å². The Hall–Kier alpha value is -2.41. The van der Waals surface area contributed by atoms with Gasteiger partial charge in [0, 0.05) is 51.0 Å². The van der Waals surface area contributed by atoms with Crippen molar-refractivity contribution in [3.05, 3.63) is 53.1 Å². The lowest BCUT2D eigenvalue weighted by molar-refractivity contribution is 0.0513. The Kier molecular flexibility index (Phi) is 7.25. The van der Waals surface area contributed by atoms with Gasteiger partial charge in [-0.3, -0.25) is 9.67 Å². The highest BCUT2D eigenvalue weighted by Crippen LogP contribution is 2.34. The van der Waals surface area contributed by atoms with Gasteiger partial charge in [0.15, 0.2) is 5.96 Å². The fourth-order valence-electron chi connectivity index (χ4n) is 3.94. The SMILES string of the molecule is CN=C(NCCCn1nc(C)cc1C)NCC1(c2ccc(F)cc2)CCOCC1. The van der Waals surface area contributed by atoms with Crippen molar-refractivity contribution >= 4 is 5.96 Å². The summed E-state index contributed by atoms with van der Waals surface area (Å²) in [6.45, 7) is 7.95. The number of hydrogen-bond acceptors (Lipinski definition) is 3. The maximum atomic E-state index is 13.4. The monoisotopic (exact) mass is 401 g/mol. The zero-order valence-electron chi connectivity index (χ0n) is 17.7. The van der Waals surface area contributed by atoms with Gasteiger partial charge >= 0.3 is 0 Å². The van der Waals surface area contributed by atoms with Crippen LogP contribution in [-0.4, -0.2) is 49.1 Å². The molecule has 7 heteroatoms. The lowest BCUT2D eigenvalue weighted by Gasteiger charge is -2.38. The number of benzene rings is 1. The van der Waals surface area contributed by atoms with Gasteiger partial charge < -0.3 is 15.4 Å². The lowest BCUT2D eigenvalue weighted by Crippen LogP contribution is -2.48. The van der Waals surface area contributed by atoms with Crippen molar-refractivity contribution < 1.29 is 9.13 Å². The minimum absolute atomic E-state index is 0.0761. The summed E-state index contributed by atoms with van der Waals surface area (Å²) in [6.07, 6.45) is 2.76. The van der Waals surface area contributed by atoms with E-state index in [0.717, 1.165) is 56.1 Å². The molecule has 1 aromatic heterocycles. The molecule has 0 aliphatic carbocycles. The van der Waals surface area contributed by atoms with Crippen LogP contribution in [0.25, 0.3) is 0 Å². The average molecular weight is 402 g/mol. The topological polar surface area (TPSA) is 63.5 Å². The number of hydrogen-bond donors (Lipinski definition) is 2. The molecule has 0 spiro atoms. The molecule has 29 heavy (non-hydrogen) atoms. The van der Waals surface area contributed by atoms with E-state index < -0.39 is 0 Å². The summed E-state index contributed by atoms with van der Waals surface area (Å²) in [7, 11) is 1.78. The molecule has 0 radical (unpaired) electrons. The summed E-state index contributed by atoms with van der Waals surface area (Å²) in [6, 6.07) is 8.97. The highest BCUT2D eigenvalue weighted by Gasteiger charge is 2.34. The summed E-state index contributed by atoms with van der Waals surface area (Å²) in [5, 5.41) is 11.4. The molecule has 3 rings (SSSR count). The predicted octanol–water partition coefficient (Wildman–Crippen LogP) is 2.94. The second kappa shape index (κ2) is 9.87. The fraction of sp³-hybridized carbons (Fsp3) is 0.545. The van der Waals surface area contributed by atoms with E-state index in [9.17, 15) is 4.39 Å². The van der Waals surface area contributed by atoms with E-state index in [0.29, 0.717) is 13.2 Å². The van der Waals surface area contributed by atoms with Crippen molar-refractivity contribution in [2.75, 3.05) is 33.4 Å². The maximum Gasteiger partial charge on any atom is 0.191 e. The molecule has 1 aromatic carbocycles. The number of guanidine groups is 1. The highest BCUT2D eigenvalue weighted by atomic mass is 19.1. The van der Waals surface area contributed by atoms with Gasteiger partial charge in [-0.2, -0.15) is 5.10 Å². The summed E-state index contributed by atoms with van der Waals surface area (Å²) in [5.41, 5.74) is 3.31. The van der Waals surface area contributed by atoms with Gasteiger partial charge in [0.05, 0.1) is 5.69 Å². The summed E-state index contributed by atoms with van der Waals surface area (Å²) in [4.78, 5) is 4.36. The molecule has 1 aliphatic heterocycles. The van der Waals surface area contributed by atoms with E-state index in [2.05, 4.69) is 33.7 Å². The normalized spacial score (nSPS) is 16.6. The standard InChI is InChI=1S/C22H32FN5O/c1-17-15-18(2)28(27-17)12-4-11-25-21(24-3)26-16-22(9-13-29-14-10-22)19-5-7-20(23)8-6-19/h5-8,15H,4,9-14,16H2,1-3H3,(H2,24,25,26). The first kappa shape index (κ1) is 21.3. The maximum absolute atomic E-state index is 13.4. The van der Waals surface area contributed by atoms with E-state index >= 15 is 0 Å². The van der Waals surface area contributed by atoms with Gasteiger partial charge in [-0.15, -0.1) is 0 Å². The zero-order chi connectivity index (χ0) is 20.7. The van der Waals surface area contributed by atoms with Crippen molar-refractivity contribution in [1.29, 1.82) is 0 Å². The third kappa shape index (κ3) is 5.56. The first-order valence-corrected chi connectivity index (χ1v) is 10.3. The van der Waals surface area contributed by atoms with Crippen LogP contribution in [0, 0.1) is 19.7 Å². The number of rotatable bonds is 7. The van der Waals surface area contributed by atoms with Crippen LogP contribution in [0.5, 0.6) is 0 Å². The number of ether oxygens (including phenoxy) is 1. The van der Waals surface area contributed by atoms with E-state index in [1.54, 1.807) is 19.2 Å². The number of aromatic nitrogens is 2. The van der Waals surface area contributed by atoms with E-state index in [1.165, 1.54) is 5.69 Å². The summed E-state index contributed by atoms with van der Waals surface area (Å²) < 4.78 is 21.0. The average Bonchev–Trinajstić information content (AvgIpc) is 3.05. The quantitative estimate of drug-likeness (QED) is 0.425. The van der Waals surface area contributed by atoms with Crippen molar-refractivity contribution in [3.8, 4) is 0 Å². The lowest BCUT2D eigenvalue weighted by atomic mass is 9.74. The third-order valence-electron chi connectivity index (χ3n) is 5.67. The second-order valence-corrected chi connectivity index (χ2v) is 7.76. The Labute approximate surface area is 172 Å². The molecular weight excluding hydrogens is 369 g/mol. The summed E-state index contributed by atoms with van der Waals surface area (Å²) in [5.74, 6) is 0.579. The smallest absolute Gasteiger partial charge is 0.191 e. The van der Waals surface area contributed by atoms with Crippen LogP contribution in [0.1, 0.15) is 36.2 Å². The van der Waals surface area contributed by atoms with Gasteiger partial charge in [-0.1, -0.05) is 12.1 Å². The first-order valence-electron chi connectivity index (χ1n) is 10.3. The van der Waals surface area contributed by atoms with Crippen LogP contribution in [-0.2, 0) is 16.7 Å². The zero-order valence-corrected chi connectivity index (χ0v) is 17.7. The molecule has 1 aliphatic rings. The van der Waals surface area contributed by atoms with Gasteiger partial charge in [0.2, 0.25) is 0 Å². The van der Waals surface area contributed by atoms with Gasteiger partial charge in [0.25, 0.3) is 0 Å². The van der Waals surface area contributed by atoms with Crippen LogP contribution < -0.4 is 10.6 Å². The van der Waals surface area contributed by atoms with Gasteiger partial charge in [-0.05, 0) is 56.9 Å². The largest absolute Gasteiger partial charge is 0.381 e. The second-order valence-electron chi connectivity index (χ2n) is 7.76. The fourth-order valence-corrected chi connectivity index (χ4v) is 3.94. The van der Waals surface area contributed by atoms with Crippen molar-refractivity contribution in [3.63, 3.8) is 0 Å². The molecule has 6 nitrogen and oxygen atoms in total. The molecule has 0 amide bonds. The Balaban J connectivity index is 1.53. The number of aliphatic imine (C=N–C) groups is 1. The number of nitrogens with one attached hydrogen (secondary N) is 2. The molecule has 0 bridgehead atoms. The minimum atomic E-state index is -0.205. The Bertz CT molecular complexity index is 809. The van der Waals surface area contributed by atoms with E-state index in [-0.39, 0.29) is 11.2 Å². The third-order valence-corrected chi connectivity index (χ3v) is 5.67. The molecule has 2 N–H and O–H groups in total. The number of aryl methyl sites for hydroxylation is 3. The molecule has 0 saturated carbocycles. The number of nitrogens with zero attached hydrogens (tertiary/aromatic N) is 3. The van der Waals surface area contributed by atoms with Crippen LogP contribution >= 0.6 is 0 Å². The Morgan fingerprint density at radius 3 is 2.55 bits per heavy atom. The molecule has 158 valence electrons. The van der Waals surface area contributed by atoms with Crippen LogP contribution in [0.3, 0.4) is 0 Å². The van der Waals surface area contributed by atoms with Crippen molar-refractivity contribution in [2.45, 2.75) is 45.1 Å². The van der Waals surface area contributed by atoms with Gasteiger partial charge in [0.1, 0.15) is 5.82 Å². The Morgan fingerprint density at radius 2 is 1.93 bits per heavy atom. The van der Waals surface area contributed by atoms with Crippen LogP contribution in [0.2, 0.25) is 0 Å². The van der Waals surface area contributed by atoms with Crippen LogP contribution in [0.15, 0.2) is 35.3 Å². The minimum Gasteiger partial charge on any atom is -0.381 e. The molecule has 0 atom stereocenters. The molecule has 2 aromatic rings. The van der Waals surface area contributed by atoms with E-state index in [1.807, 2.05) is 23.7 Å². The van der Waals surface area contributed by atoms with Gasteiger partial charge in [-0.25, -0.2) is 4.39 Å². The molecular formula is C22H32FN5O. The number of halogens is 1. The van der Waals surface area contributed by atoms with Crippen LogP contribution in [0.4, 0.5) is 4.39 Å². The summed E-state index contributed by atoms with van der Waals surface area (Å²) >= 11 is 0. The Morgan fingerprint density at radius 1 is 1.21 bits per heavy atom. The molecule has 0 unspecified atom stereocenters. The van der Waals surface area contributed by atoms with Crippen molar-refractivity contribution in [1.82, 2.24) is 20.4 Å². The first-order chi connectivity index (χ1) is 14.0. The van der Waals surface area contributed by atoms with Crippen molar-refractivity contribution in [2.24, 2.45) is 4.99 Å². The molecule has 1 saturated heterocycles. The predicted molar refractivity (Wildman–Crippen MR) is 114 cm³/mol. The highest BCUT2D eigenvalue weighted by molar-refractivity contribution is 5.79.